The van der Waals surface area contributed by atoms with Crippen LogP contribution in [0, 0.1) is 13.8 Å². The third-order valence-electron chi connectivity index (χ3n) is 5.08. The van der Waals surface area contributed by atoms with Crippen LogP contribution in [0.3, 0.4) is 0 Å². The van der Waals surface area contributed by atoms with E-state index in [1.807, 2.05) is 18.2 Å². The summed E-state index contributed by atoms with van der Waals surface area (Å²) in [6.45, 7) is 9.66. The summed E-state index contributed by atoms with van der Waals surface area (Å²) in [7, 11) is 2.05. The van der Waals surface area contributed by atoms with Gasteiger partial charge in [0.2, 0.25) is 0 Å². The van der Waals surface area contributed by atoms with Crippen LogP contribution in [0.1, 0.15) is 52.4 Å². The van der Waals surface area contributed by atoms with Crippen LogP contribution in [0.4, 0.5) is 5.69 Å². The Morgan fingerprint density at radius 1 is 1.04 bits per heavy atom. The lowest BCUT2D eigenvalue weighted by molar-refractivity contribution is -0.892. The van der Waals surface area contributed by atoms with E-state index in [2.05, 4.69) is 52.9 Å². The van der Waals surface area contributed by atoms with Gasteiger partial charge in [-0.05, 0) is 43.0 Å². The molecular formula is C22H27N2O2+. The molecule has 0 aromatic heterocycles. The van der Waals surface area contributed by atoms with E-state index in [1.165, 1.54) is 21.6 Å². The summed E-state index contributed by atoms with van der Waals surface area (Å²) in [5.41, 5.74) is 6.14. The van der Waals surface area contributed by atoms with Crippen LogP contribution in [0.5, 0.6) is 0 Å². The largest absolute Gasteiger partial charge is 0.316 e. The van der Waals surface area contributed by atoms with Gasteiger partial charge in [0.05, 0.1) is 18.3 Å². The van der Waals surface area contributed by atoms with Crippen LogP contribution in [-0.2, 0) is 11.3 Å². The van der Waals surface area contributed by atoms with E-state index < -0.39 is 5.91 Å². The van der Waals surface area contributed by atoms with Gasteiger partial charge in [0.15, 0.2) is 6.67 Å². The van der Waals surface area contributed by atoms with Gasteiger partial charge in [-0.2, -0.15) is 0 Å². The van der Waals surface area contributed by atoms with Crippen molar-refractivity contribution in [1.29, 1.82) is 0 Å². The van der Waals surface area contributed by atoms with Crippen LogP contribution in [0.2, 0.25) is 0 Å². The van der Waals surface area contributed by atoms with Gasteiger partial charge < -0.3 is 4.90 Å². The lowest BCUT2D eigenvalue weighted by Gasteiger charge is -2.22. The van der Waals surface area contributed by atoms with E-state index in [9.17, 15) is 9.59 Å². The van der Waals surface area contributed by atoms with Crippen molar-refractivity contribution in [1.82, 2.24) is 0 Å². The summed E-state index contributed by atoms with van der Waals surface area (Å²) in [6.07, 6.45) is 0. The van der Waals surface area contributed by atoms with Crippen LogP contribution in [0.25, 0.3) is 0 Å². The summed E-state index contributed by atoms with van der Waals surface area (Å²) in [5.74, 6) is -0.474. The smallest absolute Gasteiger partial charge is 0.303 e. The number of hydrogen-bond donors (Lipinski definition) is 1. The highest BCUT2D eigenvalue weighted by Gasteiger charge is 2.37. The zero-order valence-electron chi connectivity index (χ0n) is 16.2. The molecule has 0 aliphatic carbocycles. The highest BCUT2D eigenvalue weighted by Crippen LogP contribution is 2.31. The fourth-order valence-corrected chi connectivity index (χ4v) is 3.53. The normalized spacial score (nSPS) is 14.9. The number of aryl methyl sites for hydroxylation is 2. The number of rotatable bonds is 5. The second-order valence-corrected chi connectivity index (χ2v) is 7.72. The van der Waals surface area contributed by atoms with Crippen molar-refractivity contribution < 1.29 is 14.5 Å². The number of Topliss-reactive ketones (excluding diaryl/α,β-unsaturated/α-hetero) is 1. The Hall–Kier alpha value is -2.46. The number of nitrogens with one attached hydrogen (secondary N) is 1. The maximum atomic E-state index is 12.5. The van der Waals surface area contributed by atoms with E-state index >= 15 is 0 Å². The number of amides is 1. The van der Waals surface area contributed by atoms with Crippen molar-refractivity contribution in [3.63, 3.8) is 0 Å². The Morgan fingerprint density at radius 3 is 2.42 bits per heavy atom. The Kier molecular flexibility index (Phi) is 4.97. The Labute approximate surface area is 155 Å². The van der Waals surface area contributed by atoms with E-state index in [-0.39, 0.29) is 5.78 Å². The standard InChI is InChI=1S/C22H26N2O2/c1-14(2)17-8-9-20-19(11-17)21(25)22(26)24(20)13-23(5)12-18-7-6-15(3)10-16(18)4/h6-11,14H,12-13H2,1-5H3/p+1. The molecule has 1 atom stereocenters. The topological polar surface area (TPSA) is 41.8 Å². The third-order valence-corrected chi connectivity index (χ3v) is 5.08. The van der Waals surface area contributed by atoms with E-state index in [4.69, 9.17) is 0 Å². The van der Waals surface area contributed by atoms with Gasteiger partial charge in [-0.25, -0.2) is 0 Å². The number of carbonyl (C=O) groups is 2. The third kappa shape index (κ3) is 3.42. The monoisotopic (exact) mass is 351 g/mol. The average Bonchev–Trinajstić information content (AvgIpc) is 2.82. The number of nitrogens with zero attached hydrogens (tertiary/aromatic N) is 1. The minimum atomic E-state index is -0.416. The average molecular weight is 351 g/mol. The summed E-state index contributed by atoms with van der Waals surface area (Å²) in [5, 5.41) is 0. The lowest BCUT2D eigenvalue weighted by atomic mass is 9.99. The molecule has 1 amide bonds. The Bertz CT molecular complexity index is 870. The number of ketones is 1. The molecule has 2 aromatic carbocycles. The van der Waals surface area contributed by atoms with Crippen LogP contribution in [0.15, 0.2) is 36.4 Å². The fourth-order valence-electron chi connectivity index (χ4n) is 3.53. The van der Waals surface area contributed by atoms with Gasteiger partial charge in [-0.1, -0.05) is 43.7 Å². The zero-order chi connectivity index (χ0) is 19.0. The molecule has 1 N–H and O–H groups in total. The first kappa shape index (κ1) is 18.3. The molecule has 3 rings (SSSR count). The number of benzene rings is 2. The first-order valence-electron chi connectivity index (χ1n) is 9.15. The Morgan fingerprint density at radius 2 is 1.77 bits per heavy atom. The SMILES string of the molecule is Cc1ccc(C[NH+](C)CN2C(=O)C(=O)c3cc(C(C)C)ccc32)c(C)c1. The maximum Gasteiger partial charge on any atom is 0.303 e. The van der Waals surface area contributed by atoms with Crippen molar-refractivity contribution in [2.24, 2.45) is 0 Å². The molecule has 0 spiro atoms. The van der Waals surface area contributed by atoms with Crippen molar-refractivity contribution in [2.45, 2.75) is 40.2 Å². The van der Waals surface area contributed by atoms with Crippen molar-refractivity contribution in [3.05, 3.63) is 64.2 Å². The quantitative estimate of drug-likeness (QED) is 0.842. The number of carbonyl (C=O) groups excluding carboxylic acids is 2. The molecule has 26 heavy (non-hydrogen) atoms. The molecule has 0 bridgehead atoms. The first-order chi connectivity index (χ1) is 12.3. The van der Waals surface area contributed by atoms with Gasteiger partial charge in [-0.3, -0.25) is 14.5 Å². The molecule has 2 aromatic rings. The highest BCUT2D eigenvalue weighted by atomic mass is 16.2. The molecule has 4 nitrogen and oxygen atoms in total. The molecule has 1 heterocycles. The molecular weight excluding hydrogens is 324 g/mol. The Balaban J connectivity index is 1.80. The highest BCUT2D eigenvalue weighted by molar-refractivity contribution is 6.52. The number of hydrogen-bond acceptors (Lipinski definition) is 2. The molecule has 0 saturated heterocycles. The fraction of sp³-hybridized carbons (Fsp3) is 0.364. The van der Waals surface area contributed by atoms with Crippen molar-refractivity contribution >= 4 is 17.4 Å². The molecule has 136 valence electrons. The zero-order valence-corrected chi connectivity index (χ0v) is 16.2. The molecule has 0 fully saturated rings. The van der Waals surface area contributed by atoms with Crippen LogP contribution < -0.4 is 9.80 Å². The van der Waals surface area contributed by atoms with E-state index in [0.29, 0.717) is 18.2 Å². The molecule has 4 heteroatoms. The first-order valence-corrected chi connectivity index (χ1v) is 9.15. The molecule has 0 saturated carbocycles. The van der Waals surface area contributed by atoms with Crippen LogP contribution >= 0.6 is 0 Å². The van der Waals surface area contributed by atoms with Crippen molar-refractivity contribution in [2.75, 3.05) is 18.6 Å². The van der Waals surface area contributed by atoms with E-state index in [0.717, 1.165) is 17.8 Å². The predicted molar refractivity (Wildman–Crippen MR) is 104 cm³/mol. The summed E-state index contributed by atoms with van der Waals surface area (Å²) < 4.78 is 0. The number of fused-ring (bicyclic) bond motifs is 1. The van der Waals surface area contributed by atoms with Gasteiger partial charge >= 0.3 is 5.91 Å². The predicted octanol–water partition coefficient (Wildman–Crippen LogP) is 2.63. The van der Waals surface area contributed by atoms with E-state index in [1.54, 1.807) is 4.90 Å². The molecule has 1 aliphatic heterocycles. The van der Waals surface area contributed by atoms with Crippen LogP contribution in [-0.4, -0.2) is 25.4 Å². The molecule has 1 unspecified atom stereocenters. The van der Waals surface area contributed by atoms with Gasteiger partial charge in [0, 0.05) is 5.56 Å². The second kappa shape index (κ2) is 7.04. The van der Waals surface area contributed by atoms with Gasteiger partial charge in [-0.15, -0.1) is 0 Å². The molecule has 0 radical (unpaired) electrons. The minimum Gasteiger partial charge on any atom is -0.316 e. The second-order valence-electron chi connectivity index (χ2n) is 7.72. The summed E-state index contributed by atoms with van der Waals surface area (Å²) >= 11 is 0. The summed E-state index contributed by atoms with van der Waals surface area (Å²) in [4.78, 5) is 27.7. The molecule has 1 aliphatic rings. The summed E-state index contributed by atoms with van der Waals surface area (Å²) in [6, 6.07) is 12.2. The number of anilines is 1. The minimum absolute atomic E-state index is 0.329. The van der Waals surface area contributed by atoms with Gasteiger partial charge in [0.25, 0.3) is 5.78 Å². The number of quaternary nitrogens is 1. The lowest BCUT2D eigenvalue weighted by Crippen LogP contribution is -3.09. The van der Waals surface area contributed by atoms with Gasteiger partial charge in [0.1, 0.15) is 6.54 Å². The van der Waals surface area contributed by atoms with Crippen molar-refractivity contribution in [3.8, 4) is 0 Å². The maximum absolute atomic E-state index is 12.5.